The number of aliphatic imine (C=N–C) groups is 1. The number of ether oxygens (including phenoxy) is 3. The molecular weight excluding hydrogens is 484 g/mol. The van der Waals surface area contributed by atoms with Crippen LogP contribution in [0.3, 0.4) is 0 Å². The summed E-state index contributed by atoms with van der Waals surface area (Å²) >= 11 is 0. The van der Waals surface area contributed by atoms with Gasteiger partial charge in [0.15, 0.2) is 11.6 Å². The Labute approximate surface area is 225 Å². The number of nitrogens with zero attached hydrogens (tertiary/aromatic N) is 1. The van der Waals surface area contributed by atoms with Crippen LogP contribution in [0.1, 0.15) is 77.0 Å². The van der Waals surface area contributed by atoms with E-state index in [1.54, 1.807) is 12.1 Å². The molecule has 2 aromatic rings. The van der Waals surface area contributed by atoms with Gasteiger partial charge in [-0.25, -0.2) is 4.99 Å². The molecule has 2 N–H and O–H groups in total. The average molecular weight is 525 g/mol. The molecule has 0 aromatic heterocycles. The summed E-state index contributed by atoms with van der Waals surface area (Å²) in [4.78, 5) is 31.4. The van der Waals surface area contributed by atoms with E-state index in [2.05, 4.69) is 12.2 Å². The molecule has 0 radical (unpaired) electrons. The van der Waals surface area contributed by atoms with Crippen molar-refractivity contribution in [3.8, 4) is 5.75 Å². The van der Waals surface area contributed by atoms with Gasteiger partial charge in [-0.1, -0.05) is 43.7 Å². The molecule has 1 heterocycles. The van der Waals surface area contributed by atoms with Gasteiger partial charge in [0, 0.05) is 31.6 Å². The van der Waals surface area contributed by atoms with Crippen molar-refractivity contribution in [2.24, 2.45) is 4.99 Å². The second-order valence-corrected chi connectivity index (χ2v) is 10.4. The van der Waals surface area contributed by atoms with E-state index < -0.39 is 23.2 Å². The van der Waals surface area contributed by atoms with Crippen LogP contribution in [0.15, 0.2) is 59.6 Å². The van der Waals surface area contributed by atoms with Crippen LogP contribution in [0.2, 0.25) is 0 Å². The first-order valence-corrected chi connectivity index (χ1v) is 13.3. The number of amides is 1. The summed E-state index contributed by atoms with van der Waals surface area (Å²) < 4.78 is 17.6. The van der Waals surface area contributed by atoms with Crippen molar-refractivity contribution in [2.75, 3.05) is 19.8 Å². The van der Waals surface area contributed by atoms with Gasteiger partial charge in [0.25, 0.3) is 5.91 Å². The number of benzene rings is 2. The molecule has 0 fully saturated rings. The summed E-state index contributed by atoms with van der Waals surface area (Å²) in [6.07, 6.45) is 1.74. The van der Waals surface area contributed by atoms with Crippen LogP contribution in [-0.2, 0) is 19.1 Å². The van der Waals surface area contributed by atoms with E-state index >= 15 is 0 Å². The average Bonchev–Trinajstić information content (AvgIpc) is 3.29. The zero-order chi connectivity index (χ0) is 27.6. The first kappa shape index (κ1) is 29.2. The first-order valence-electron chi connectivity index (χ1n) is 13.3. The fourth-order valence-corrected chi connectivity index (χ4v) is 4.22. The van der Waals surface area contributed by atoms with Gasteiger partial charge in [0.05, 0.1) is 6.61 Å². The van der Waals surface area contributed by atoms with E-state index in [4.69, 9.17) is 24.3 Å². The standard InChI is InChI=1S/C30H40N2O6/c1-5-6-19-31-28(35)30(18-17-25(34)38-29(2,3)4)26(22-11-8-7-9-12-22)37-27(32-30)23-13-15-24(16-14-23)36-21-10-20-33/h7-9,11-16,26,33H,5-6,10,17-21H2,1-4H3,(H,31,35)/t26-,30-/m1/s1. The minimum absolute atomic E-state index is 0.0135. The number of unbranched alkanes of at least 4 members (excludes halogenated alkanes) is 1. The van der Waals surface area contributed by atoms with Crippen molar-refractivity contribution in [1.29, 1.82) is 0 Å². The molecule has 0 aliphatic carbocycles. The van der Waals surface area contributed by atoms with Crippen LogP contribution in [0.4, 0.5) is 0 Å². The summed E-state index contributed by atoms with van der Waals surface area (Å²) in [5.74, 6) is 0.324. The molecule has 0 saturated heterocycles. The van der Waals surface area contributed by atoms with E-state index in [-0.39, 0.29) is 25.4 Å². The normalized spacial score (nSPS) is 18.9. The molecule has 1 aliphatic heterocycles. The maximum Gasteiger partial charge on any atom is 0.306 e. The third-order valence-corrected chi connectivity index (χ3v) is 6.08. The van der Waals surface area contributed by atoms with Crippen LogP contribution < -0.4 is 10.1 Å². The lowest BCUT2D eigenvalue weighted by Crippen LogP contribution is -2.49. The first-order chi connectivity index (χ1) is 18.2. The minimum Gasteiger partial charge on any atom is -0.494 e. The predicted octanol–water partition coefficient (Wildman–Crippen LogP) is 4.74. The van der Waals surface area contributed by atoms with E-state index in [1.165, 1.54) is 0 Å². The van der Waals surface area contributed by atoms with Gasteiger partial charge in [0.2, 0.25) is 5.90 Å². The van der Waals surface area contributed by atoms with Crippen molar-refractivity contribution in [2.45, 2.75) is 77.0 Å². The molecule has 0 saturated carbocycles. The van der Waals surface area contributed by atoms with Crippen molar-refractivity contribution in [1.82, 2.24) is 5.32 Å². The maximum absolute atomic E-state index is 13.8. The van der Waals surface area contributed by atoms with Gasteiger partial charge >= 0.3 is 5.97 Å². The molecule has 3 rings (SSSR count). The van der Waals surface area contributed by atoms with Gasteiger partial charge in [0.1, 0.15) is 11.4 Å². The second kappa shape index (κ2) is 13.4. The SMILES string of the molecule is CCCCNC(=O)[C@]1(CCC(=O)OC(C)(C)C)N=C(c2ccc(OCCCO)cc2)O[C@@H]1c1ccccc1. The van der Waals surface area contributed by atoms with E-state index in [0.717, 1.165) is 18.4 Å². The highest BCUT2D eigenvalue weighted by atomic mass is 16.6. The van der Waals surface area contributed by atoms with E-state index in [9.17, 15) is 9.59 Å². The molecule has 206 valence electrons. The van der Waals surface area contributed by atoms with Gasteiger partial charge in [-0.3, -0.25) is 9.59 Å². The van der Waals surface area contributed by atoms with Crippen LogP contribution in [0.25, 0.3) is 0 Å². The topological polar surface area (TPSA) is 106 Å². The van der Waals surface area contributed by atoms with Crippen molar-refractivity contribution < 1.29 is 28.9 Å². The van der Waals surface area contributed by atoms with Crippen molar-refractivity contribution in [3.63, 3.8) is 0 Å². The Balaban J connectivity index is 1.97. The Morgan fingerprint density at radius 3 is 2.42 bits per heavy atom. The fraction of sp³-hybridized carbons (Fsp3) is 0.500. The zero-order valence-corrected chi connectivity index (χ0v) is 22.9. The largest absolute Gasteiger partial charge is 0.494 e. The lowest BCUT2D eigenvalue weighted by Gasteiger charge is -2.31. The second-order valence-electron chi connectivity index (χ2n) is 10.4. The van der Waals surface area contributed by atoms with Gasteiger partial charge in [-0.2, -0.15) is 0 Å². The van der Waals surface area contributed by atoms with E-state index in [0.29, 0.717) is 36.8 Å². The quantitative estimate of drug-likeness (QED) is 0.290. The summed E-state index contributed by atoms with van der Waals surface area (Å²) in [7, 11) is 0. The number of aliphatic hydroxyl groups is 1. The molecular formula is C30H40N2O6. The molecule has 1 amide bonds. The highest BCUT2D eigenvalue weighted by molar-refractivity contribution is 6.01. The zero-order valence-electron chi connectivity index (χ0n) is 22.9. The third-order valence-electron chi connectivity index (χ3n) is 6.08. The molecule has 38 heavy (non-hydrogen) atoms. The number of esters is 1. The summed E-state index contributed by atoms with van der Waals surface area (Å²) in [5.41, 5.74) is -0.489. The maximum atomic E-state index is 13.8. The molecule has 0 spiro atoms. The summed E-state index contributed by atoms with van der Waals surface area (Å²) in [5, 5.41) is 12.0. The molecule has 0 bridgehead atoms. The number of hydrogen-bond acceptors (Lipinski definition) is 7. The van der Waals surface area contributed by atoms with Crippen LogP contribution >= 0.6 is 0 Å². The highest BCUT2D eigenvalue weighted by Crippen LogP contribution is 2.43. The Morgan fingerprint density at radius 2 is 1.79 bits per heavy atom. The van der Waals surface area contributed by atoms with Crippen molar-refractivity contribution in [3.05, 3.63) is 65.7 Å². The Kier molecular flexibility index (Phi) is 10.3. The number of carbonyl (C=O) groups excluding carboxylic acids is 2. The number of aliphatic hydroxyl groups excluding tert-OH is 1. The van der Waals surface area contributed by atoms with E-state index in [1.807, 2.05) is 63.2 Å². The molecule has 8 heteroatoms. The van der Waals surface area contributed by atoms with Crippen molar-refractivity contribution >= 4 is 17.8 Å². The highest BCUT2D eigenvalue weighted by Gasteiger charge is 2.53. The molecule has 1 aliphatic rings. The van der Waals surface area contributed by atoms with Gasteiger partial charge < -0.3 is 24.6 Å². The van der Waals surface area contributed by atoms with Gasteiger partial charge in [-0.05, 0) is 63.4 Å². The smallest absolute Gasteiger partial charge is 0.306 e. The Bertz CT molecular complexity index is 1080. The number of rotatable bonds is 13. The monoisotopic (exact) mass is 524 g/mol. The lowest BCUT2D eigenvalue weighted by molar-refractivity contribution is -0.155. The summed E-state index contributed by atoms with van der Waals surface area (Å²) in [6, 6.07) is 16.8. The fourth-order valence-electron chi connectivity index (χ4n) is 4.22. The van der Waals surface area contributed by atoms with Crippen LogP contribution in [0.5, 0.6) is 5.75 Å². The Hall–Kier alpha value is -3.39. The number of carbonyl (C=O) groups is 2. The number of hydrogen-bond donors (Lipinski definition) is 2. The summed E-state index contributed by atoms with van der Waals surface area (Å²) in [6.45, 7) is 8.49. The van der Waals surface area contributed by atoms with Gasteiger partial charge in [-0.15, -0.1) is 0 Å². The number of nitrogens with one attached hydrogen (secondary N) is 1. The van der Waals surface area contributed by atoms with Crippen LogP contribution in [0, 0.1) is 0 Å². The Morgan fingerprint density at radius 1 is 1.08 bits per heavy atom. The molecule has 8 nitrogen and oxygen atoms in total. The predicted molar refractivity (Wildman–Crippen MR) is 146 cm³/mol. The van der Waals surface area contributed by atoms with Crippen LogP contribution in [-0.4, -0.2) is 53.8 Å². The molecule has 2 aromatic carbocycles. The molecule has 2 atom stereocenters. The lowest BCUT2D eigenvalue weighted by atomic mass is 9.83. The third kappa shape index (κ3) is 7.81. The molecule has 0 unspecified atom stereocenters. The minimum atomic E-state index is -1.35.